The van der Waals surface area contributed by atoms with Crippen molar-refractivity contribution in [2.24, 2.45) is 7.05 Å². The SMILES string of the molecule is Cn1c(-c2cc(Cl)ccc2NS(=O)(=O)c2ccccc2)nnc1C1CCCO1. The van der Waals surface area contributed by atoms with Gasteiger partial charge in [-0.05, 0) is 43.2 Å². The van der Waals surface area contributed by atoms with Crippen molar-refractivity contribution in [3.05, 3.63) is 59.4 Å². The van der Waals surface area contributed by atoms with E-state index in [1.807, 2.05) is 11.6 Å². The van der Waals surface area contributed by atoms with E-state index in [4.69, 9.17) is 16.3 Å². The van der Waals surface area contributed by atoms with Crippen LogP contribution < -0.4 is 4.72 Å². The maximum absolute atomic E-state index is 12.8. The van der Waals surface area contributed by atoms with Gasteiger partial charge in [0.1, 0.15) is 6.10 Å². The zero-order valence-corrected chi connectivity index (χ0v) is 16.7. The van der Waals surface area contributed by atoms with Crippen molar-refractivity contribution in [3.63, 3.8) is 0 Å². The van der Waals surface area contributed by atoms with E-state index in [0.29, 0.717) is 34.5 Å². The first-order valence-corrected chi connectivity index (χ1v) is 10.7. The van der Waals surface area contributed by atoms with Crippen molar-refractivity contribution >= 4 is 27.3 Å². The maximum Gasteiger partial charge on any atom is 0.261 e. The van der Waals surface area contributed by atoms with E-state index in [1.165, 1.54) is 12.1 Å². The highest BCUT2D eigenvalue weighted by molar-refractivity contribution is 7.92. The quantitative estimate of drug-likeness (QED) is 0.681. The molecule has 1 aliphatic heterocycles. The van der Waals surface area contributed by atoms with Crippen LogP contribution in [0.4, 0.5) is 5.69 Å². The molecule has 2 aromatic carbocycles. The summed E-state index contributed by atoms with van der Waals surface area (Å²) >= 11 is 6.18. The molecule has 28 heavy (non-hydrogen) atoms. The van der Waals surface area contributed by atoms with Gasteiger partial charge in [-0.1, -0.05) is 29.8 Å². The van der Waals surface area contributed by atoms with Crippen LogP contribution >= 0.6 is 11.6 Å². The van der Waals surface area contributed by atoms with Gasteiger partial charge in [-0.15, -0.1) is 10.2 Å². The van der Waals surface area contributed by atoms with Crippen LogP contribution in [0.2, 0.25) is 5.02 Å². The van der Waals surface area contributed by atoms with Gasteiger partial charge in [-0.3, -0.25) is 4.72 Å². The van der Waals surface area contributed by atoms with Crippen molar-refractivity contribution in [1.82, 2.24) is 14.8 Å². The fourth-order valence-electron chi connectivity index (χ4n) is 3.23. The van der Waals surface area contributed by atoms with E-state index in [0.717, 1.165) is 12.8 Å². The van der Waals surface area contributed by atoms with Gasteiger partial charge in [-0.25, -0.2) is 8.42 Å². The Morgan fingerprint density at radius 1 is 1.18 bits per heavy atom. The summed E-state index contributed by atoms with van der Waals surface area (Å²) in [7, 11) is -1.92. The molecule has 3 aromatic rings. The fraction of sp³-hybridized carbons (Fsp3) is 0.263. The average molecular weight is 419 g/mol. The Kier molecular flexibility index (Phi) is 5.09. The molecule has 1 unspecified atom stereocenters. The van der Waals surface area contributed by atoms with Gasteiger partial charge < -0.3 is 9.30 Å². The topological polar surface area (TPSA) is 86.1 Å². The normalized spacial score (nSPS) is 17.0. The van der Waals surface area contributed by atoms with Gasteiger partial charge in [0.05, 0.1) is 10.6 Å². The molecule has 0 spiro atoms. The Morgan fingerprint density at radius 3 is 2.68 bits per heavy atom. The predicted octanol–water partition coefficient (Wildman–Crippen LogP) is 3.79. The minimum absolute atomic E-state index is 0.102. The lowest BCUT2D eigenvalue weighted by Gasteiger charge is -2.14. The van der Waals surface area contributed by atoms with E-state index in [9.17, 15) is 8.42 Å². The Bertz CT molecular complexity index is 1090. The second-order valence-corrected chi connectivity index (χ2v) is 8.67. The molecule has 9 heteroatoms. The number of hydrogen-bond donors (Lipinski definition) is 1. The van der Waals surface area contributed by atoms with Crippen LogP contribution in [0.5, 0.6) is 0 Å². The van der Waals surface area contributed by atoms with E-state index in [1.54, 1.807) is 36.4 Å². The molecule has 146 valence electrons. The van der Waals surface area contributed by atoms with Crippen LogP contribution in [0.3, 0.4) is 0 Å². The zero-order chi connectivity index (χ0) is 19.7. The molecule has 1 atom stereocenters. The molecule has 1 aliphatic rings. The van der Waals surface area contributed by atoms with Crippen LogP contribution in [-0.2, 0) is 21.8 Å². The van der Waals surface area contributed by atoms with E-state index >= 15 is 0 Å². The van der Waals surface area contributed by atoms with Gasteiger partial charge in [-0.2, -0.15) is 0 Å². The van der Waals surface area contributed by atoms with Crippen LogP contribution in [0.25, 0.3) is 11.4 Å². The summed E-state index contributed by atoms with van der Waals surface area (Å²) in [6.45, 7) is 0.701. The molecule has 1 aromatic heterocycles. The maximum atomic E-state index is 12.8. The van der Waals surface area contributed by atoms with Crippen molar-refractivity contribution in [2.45, 2.75) is 23.8 Å². The molecule has 1 saturated heterocycles. The summed E-state index contributed by atoms with van der Waals surface area (Å²) in [5.74, 6) is 1.23. The van der Waals surface area contributed by atoms with E-state index < -0.39 is 10.0 Å². The first-order valence-electron chi connectivity index (χ1n) is 8.84. The predicted molar refractivity (Wildman–Crippen MR) is 107 cm³/mol. The van der Waals surface area contributed by atoms with Crippen LogP contribution in [0, 0.1) is 0 Å². The minimum atomic E-state index is -3.75. The number of aromatic nitrogens is 3. The number of rotatable bonds is 5. The standard InChI is InChI=1S/C19H19ClN4O3S/c1-24-18(21-22-19(24)17-8-5-11-27-17)15-12-13(20)9-10-16(15)23-28(25,26)14-6-3-2-4-7-14/h2-4,6-7,9-10,12,17,23H,5,8,11H2,1H3. The molecule has 0 aliphatic carbocycles. The summed E-state index contributed by atoms with van der Waals surface area (Å²) in [6, 6.07) is 13.1. The number of sulfonamides is 1. The van der Waals surface area contributed by atoms with Gasteiger partial charge in [0.2, 0.25) is 0 Å². The number of nitrogens with zero attached hydrogens (tertiary/aromatic N) is 3. The fourth-order valence-corrected chi connectivity index (χ4v) is 4.50. The molecule has 0 amide bonds. The molecule has 7 nitrogen and oxygen atoms in total. The molecule has 0 bridgehead atoms. The molecular formula is C19H19ClN4O3S. The highest BCUT2D eigenvalue weighted by Crippen LogP contribution is 2.34. The Hall–Kier alpha value is -2.42. The zero-order valence-electron chi connectivity index (χ0n) is 15.2. The summed E-state index contributed by atoms with van der Waals surface area (Å²) in [5, 5.41) is 9.01. The third-order valence-electron chi connectivity index (χ3n) is 4.65. The monoisotopic (exact) mass is 418 g/mol. The highest BCUT2D eigenvalue weighted by atomic mass is 35.5. The Labute approximate surface area is 168 Å². The van der Waals surface area contributed by atoms with Crippen LogP contribution in [0.15, 0.2) is 53.4 Å². The summed E-state index contributed by atoms with van der Waals surface area (Å²) < 4.78 is 35.7. The molecule has 2 heterocycles. The first kappa shape index (κ1) is 18.9. The third kappa shape index (κ3) is 3.63. The van der Waals surface area contributed by atoms with Crippen LogP contribution in [-0.4, -0.2) is 29.8 Å². The number of anilines is 1. The van der Waals surface area contributed by atoms with E-state index in [2.05, 4.69) is 14.9 Å². The lowest BCUT2D eigenvalue weighted by Crippen LogP contribution is -2.14. The van der Waals surface area contributed by atoms with Crippen molar-refractivity contribution < 1.29 is 13.2 Å². The Morgan fingerprint density at radius 2 is 1.96 bits per heavy atom. The van der Waals surface area contributed by atoms with Gasteiger partial charge in [0.15, 0.2) is 11.6 Å². The third-order valence-corrected chi connectivity index (χ3v) is 6.26. The highest BCUT2D eigenvalue weighted by Gasteiger charge is 2.26. The summed E-state index contributed by atoms with van der Waals surface area (Å²) in [6.07, 6.45) is 1.76. The largest absolute Gasteiger partial charge is 0.370 e. The molecule has 1 fully saturated rings. The van der Waals surface area contributed by atoms with Gasteiger partial charge in [0.25, 0.3) is 10.0 Å². The van der Waals surface area contributed by atoms with Gasteiger partial charge in [0, 0.05) is 24.2 Å². The smallest absolute Gasteiger partial charge is 0.261 e. The number of hydrogen-bond acceptors (Lipinski definition) is 5. The molecule has 0 radical (unpaired) electrons. The first-order chi connectivity index (χ1) is 13.5. The minimum Gasteiger partial charge on any atom is -0.370 e. The second-order valence-electron chi connectivity index (χ2n) is 6.55. The number of halogens is 1. The summed E-state index contributed by atoms with van der Waals surface area (Å²) in [4.78, 5) is 0.175. The summed E-state index contributed by atoms with van der Waals surface area (Å²) in [5.41, 5.74) is 0.925. The second kappa shape index (κ2) is 7.54. The molecule has 4 rings (SSSR count). The lowest BCUT2D eigenvalue weighted by molar-refractivity contribution is 0.102. The average Bonchev–Trinajstić information content (AvgIpc) is 3.33. The van der Waals surface area contributed by atoms with Crippen molar-refractivity contribution in [1.29, 1.82) is 0 Å². The van der Waals surface area contributed by atoms with Crippen molar-refractivity contribution in [2.75, 3.05) is 11.3 Å². The molecule has 0 saturated carbocycles. The lowest BCUT2D eigenvalue weighted by atomic mass is 10.1. The molecular weight excluding hydrogens is 400 g/mol. The Balaban J connectivity index is 1.74. The number of nitrogens with one attached hydrogen (secondary N) is 1. The van der Waals surface area contributed by atoms with Crippen LogP contribution in [0.1, 0.15) is 24.8 Å². The number of ether oxygens (including phenoxy) is 1. The molecule has 1 N–H and O–H groups in total. The number of benzene rings is 2. The van der Waals surface area contributed by atoms with Gasteiger partial charge >= 0.3 is 0 Å². The van der Waals surface area contributed by atoms with E-state index in [-0.39, 0.29) is 11.0 Å². The van der Waals surface area contributed by atoms with Crippen molar-refractivity contribution in [3.8, 4) is 11.4 Å².